The molecule has 0 aliphatic carbocycles. The van der Waals surface area contributed by atoms with E-state index in [1.54, 1.807) is 18.1 Å². The lowest BCUT2D eigenvalue weighted by Crippen LogP contribution is -2.24. The molecule has 9 nitrogen and oxygen atoms in total. The van der Waals surface area contributed by atoms with Gasteiger partial charge in [-0.1, -0.05) is 23.7 Å². The first kappa shape index (κ1) is 22.2. The number of amides is 1. The largest absolute Gasteiger partial charge is 0.497 e. The van der Waals surface area contributed by atoms with E-state index in [9.17, 15) is 4.79 Å². The smallest absolute Gasteiger partial charge is 0.251 e. The molecule has 33 heavy (non-hydrogen) atoms. The molecule has 1 N–H and O–H groups in total. The van der Waals surface area contributed by atoms with Crippen LogP contribution in [0.4, 0.5) is 0 Å². The van der Waals surface area contributed by atoms with Crippen LogP contribution in [0, 0.1) is 0 Å². The van der Waals surface area contributed by atoms with Gasteiger partial charge >= 0.3 is 0 Å². The molecular formula is C24H26N6O3. The summed E-state index contributed by atoms with van der Waals surface area (Å²) in [5, 5.41) is 11.1. The Bertz CT molecular complexity index is 1140. The number of aromatic nitrogens is 5. The molecule has 0 fully saturated rings. The molecule has 0 aliphatic rings. The number of hydrogen-bond donors (Lipinski definition) is 1. The Morgan fingerprint density at radius 3 is 2.61 bits per heavy atom. The highest BCUT2D eigenvalue weighted by molar-refractivity contribution is 5.94. The van der Waals surface area contributed by atoms with Crippen LogP contribution >= 0.6 is 0 Å². The van der Waals surface area contributed by atoms with Crippen molar-refractivity contribution in [2.75, 3.05) is 13.7 Å². The quantitative estimate of drug-likeness (QED) is 0.351. The first-order valence-corrected chi connectivity index (χ1v) is 10.9. The number of carbonyl (C=O) groups excluding carboxylic acids is 1. The Morgan fingerprint density at radius 2 is 1.88 bits per heavy atom. The van der Waals surface area contributed by atoms with Gasteiger partial charge in [0, 0.05) is 24.1 Å². The molecule has 2 heterocycles. The number of hydrogen-bond acceptors (Lipinski definition) is 7. The van der Waals surface area contributed by atoms with Crippen LogP contribution in [-0.4, -0.2) is 44.5 Å². The summed E-state index contributed by atoms with van der Waals surface area (Å²) in [6.07, 6.45) is 6.64. The number of unbranched alkanes of at least 4 members (excludes halogenated alkanes) is 2. The fourth-order valence-corrected chi connectivity index (χ4v) is 3.36. The summed E-state index contributed by atoms with van der Waals surface area (Å²) >= 11 is 0. The summed E-state index contributed by atoms with van der Waals surface area (Å²) in [5.74, 6) is 1.92. The van der Waals surface area contributed by atoms with Crippen molar-refractivity contribution in [2.24, 2.45) is 0 Å². The second-order valence-corrected chi connectivity index (χ2v) is 7.60. The van der Waals surface area contributed by atoms with E-state index in [-0.39, 0.29) is 5.91 Å². The highest BCUT2D eigenvalue weighted by Gasteiger charge is 2.09. The Balaban J connectivity index is 1.13. The van der Waals surface area contributed by atoms with Crippen molar-refractivity contribution in [3.63, 3.8) is 0 Å². The second-order valence-electron chi connectivity index (χ2n) is 7.60. The topological polar surface area (TPSA) is 108 Å². The van der Waals surface area contributed by atoms with Crippen LogP contribution in [0.15, 0.2) is 65.7 Å². The predicted molar refractivity (Wildman–Crippen MR) is 122 cm³/mol. The van der Waals surface area contributed by atoms with Crippen molar-refractivity contribution < 1.29 is 14.1 Å². The molecule has 2 aromatic heterocycles. The standard InChI is InChI=1S/C24H26N6O3/c1-32-21-12-10-19(11-13-21)23-28-22(33-29-23)5-3-2-4-14-26-24(31)20-8-6-18(7-9-20)15-30-17-25-16-27-30/h6-13,16-17H,2-5,14-15H2,1H3,(H,26,31). The number of nitrogens with one attached hydrogen (secondary N) is 1. The van der Waals surface area contributed by atoms with Gasteiger partial charge in [0.25, 0.3) is 5.91 Å². The zero-order valence-electron chi connectivity index (χ0n) is 18.5. The lowest BCUT2D eigenvalue weighted by Gasteiger charge is -2.06. The summed E-state index contributed by atoms with van der Waals surface area (Å²) in [6, 6.07) is 15.1. The molecule has 0 saturated carbocycles. The maximum Gasteiger partial charge on any atom is 0.251 e. The fraction of sp³-hybridized carbons (Fsp3) is 0.292. The van der Waals surface area contributed by atoms with E-state index in [1.807, 2.05) is 48.5 Å². The molecule has 4 aromatic rings. The van der Waals surface area contributed by atoms with Crippen molar-refractivity contribution in [3.8, 4) is 17.1 Å². The van der Waals surface area contributed by atoms with Gasteiger partial charge in [0.15, 0.2) is 0 Å². The summed E-state index contributed by atoms with van der Waals surface area (Å²) in [4.78, 5) is 20.7. The molecule has 0 atom stereocenters. The molecule has 4 rings (SSSR count). The third-order valence-electron chi connectivity index (χ3n) is 5.20. The molecule has 170 valence electrons. The second kappa shape index (κ2) is 11.0. The van der Waals surface area contributed by atoms with Gasteiger partial charge in [-0.05, 0) is 54.8 Å². The SMILES string of the molecule is COc1ccc(-c2noc(CCCCCNC(=O)c3ccc(Cn4cncn4)cc3)n2)cc1. The van der Waals surface area contributed by atoms with Gasteiger partial charge < -0.3 is 14.6 Å². The zero-order chi connectivity index (χ0) is 22.9. The summed E-state index contributed by atoms with van der Waals surface area (Å²) in [6.45, 7) is 1.25. The van der Waals surface area contributed by atoms with Gasteiger partial charge in [0.1, 0.15) is 18.4 Å². The van der Waals surface area contributed by atoms with E-state index in [1.165, 1.54) is 6.33 Å². The van der Waals surface area contributed by atoms with Crippen molar-refractivity contribution in [1.29, 1.82) is 0 Å². The van der Waals surface area contributed by atoms with Gasteiger partial charge in [0.05, 0.1) is 13.7 Å². The van der Waals surface area contributed by atoms with Crippen LogP contribution in [0.1, 0.15) is 41.1 Å². The van der Waals surface area contributed by atoms with Gasteiger partial charge in [-0.2, -0.15) is 10.1 Å². The first-order valence-electron chi connectivity index (χ1n) is 10.9. The van der Waals surface area contributed by atoms with Gasteiger partial charge in [-0.3, -0.25) is 4.79 Å². The normalized spacial score (nSPS) is 10.8. The molecule has 0 saturated heterocycles. The molecule has 0 spiro atoms. The van der Waals surface area contributed by atoms with E-state index in [4.69, 9.17) is 9.26 Å². The molecule has 0 unspecified atom stereocenters. The molecule has 0 radical (unpaired) electrons. The van der Waals surface area contributed by atoms with Crippen LogP contribution < -0.4 is 10.1 Å². The summed E-state index contributed by atoms with van der Waals surface area (Å²) in [7, 11) is 1.63. The predicted octanol–water partition coefficient (Wildman–Crippen LogP) is 3.53. The van der Waals surface area contributed by atoms with Crippen LogP contribution in [0.3, 0.4) is 0 Å². The third-order valence-corrected chi connectivity index (χ3v) is 5.20. The number of rotatable bonds is 11. The zero-order valence-corrected chi connectivity index (χ0v) is 18.5. The minimum absolute atomic E-state index is 0.0664. The molecule has 2 aromatic carbocycles. The fourth-order valence-electron chi connectivity index (χ4n) is 3.36. The van der Waals surface area contributed by atoms with Crippen molar-refractivity contribution in [3.05, 3.63) is 78.2 Å². The number of ether oxygens (including phenoxy) is 1. The Morgan fingerprint density at radius 1 is 1.06 bits per heavy atom. The van der Waals surface area contributed by atoms with E-state index in [0.717, 1.165) is 36.1 Å². The van der Waals surface area contributed by atoms with E-state index in [2.05, 4.69) is 25.5 Å². The molecule has 0 bridgehead atoms. The van der Waals surface area contributed by atoms with Gasteiger partial charge in [-0.25, -0.2) is 9.67 Å². The van der Waals surface area contributed by atoms with Crippen molar-refractivity contribution in [2.45, 2.75) is 32.2 Å². The summed E-state index contributed by atoms with van der Waals surface area (Å²) in [5.41, 5.74) is 2.60. The Kier molecular flexibility index (Phi) is 7.42. The Labute approximate surface area is 191 Å². The lowest BCUT2D eigenvalue weighted by atomic mass is 10.1. The Hall–Kier alpha value is -4.01. The van der Waals surface area contributed by atoms with Crippen molar-refractivity contribution in [1.82, 2.24) is 30.2 Å². The molecule has 0 aliphatic heterocycles. The van der Waals surface area contributed by atoms with Crippen LogP contribution in [0.2, 0.25) is 0 Å². The van der Waals surface area contributed by atoms with E-state index in [0.29, 0.717) is 36.8 Å². The van der Waals surface area contributed by atoms with Crippen molar-refractivity contribution >= 4 is 5.91 Å². The summed E-state index contributed by atoms with van der Waals surface area (Å²) < 4.78 is 12.3. The maximum absolute atomic E-state index is 12.3. The van der Waals surface area contributed by atoms with E-state index < -0.39 is 0 Å². The minimum Gasteiger partial charge on any atom is -0.497 e. The number of methoxy groups -OCH3 is 1. The van der Waals surface area contributed by atoms with Crippen LogP contribution in [0.5, 0.6) is 5.75 Å². The maximum atomic E-state index is 12.3. The number of benzene rings is 2. The lowest BCUT2D eigenvalue weighted by molar-refractivity contribution is 0.0953. The minimum atomic E-state index is -0.0664. The highest BCUT2D eigenvalue weighted by atomic mass is 16.5. The highest BCUT2D eigenvalue weighted by Crippen LogP contribution is 2.20. The average Bonchev–Trinajstić information content (AvgIpc) is 3.54. The van der Waals surface area contributed by atoms with Crippen LogP contribution in [0.25, 0.3) is 11.4 Å². The number of carbonyl (C=O) groups is 1. The number of nitrogens with zero attached hydrogens (tertiary/aromatic N) is 5. The molecule has 9 heteroatoms. The van der Waals surface area contributed by atoms with E-state index >= 15 is 0 Å². The van der Waals surface area contributed by atoms with Gasteiger partial charge in [0.2, 0.25) is 11.7 Å². The third kappa shape index (κ3) is 6.25. The van der Waals surface area contributed by atoms with Gasteiger partial charge in [-0.15, -0.1) is 0 Å². The average molecular weight is 447 g/mol. The molecular weight excluding hydrogens is 420 g/mol. The monoisotopic (exact) mass is 446 g/mol. The molecule has 1 amide bonds. The van der Waals surface area contributed by atoms with Crippen LogP contribution in [-0.2, 0) is 13.0 Å². The number of aryl methyl sites for hydroxylation is 1. The first-order chi connectivity index (χ1) is 16.2.